The molecular formula is C21H24FN5O3. The van der Waals surface area contributed by atoms with Gasteiger partial charge >= 0.3 is 5.97 Å². The molecule has 8 nitrogen and oxygen atoms in total. The number of carbonyl (C=O) groups excluding carboxylic acids is 1. The zero-order valence-corrected chi connectivity index (χ0v) is 17.3. The molecule has 1 saturated heterocycles. The first-order valence-electron chi connectivity index (χ1n) is 9.73. The Morgan fingerprint density at radius 1 is 1.27 bits per heavy atom. The molecule has 4 rings (SSSR count). The molecule has 30 heavy (non-hydrogen) atoms. The average Bonchev–Trinajstić information content (AvgIpc) is 3.20. The first-order chi connectivity index (χ1) is 14.2. The molecule has 0 saturated carbocycles. The number of esters is 1. The van der Waals surface area contributed by atoms with Crippen LogP contribution in [0.5, 0.6) is 0 Å². The van der Waals surface area contributed by atoms with E-state index in [4.69, 9.17) is 9.47 Å². The SMILES string of the molecule is CC(=O)OC1(C)[C@@H](C)OC(n2cnc3c(NCc4ccccc4)ncnc32)[C@]1(C)F. The van der Waals surface area contributed by atoms with Crippen molar-refractivity contribution in [2.45, 2.75) is 57.8 Å². The van der Waals surface area contributed by atoms with Crippen LogP contribution in [0.2, 0.25) is 0 Å². The summed E-state index contributed by atoms with van der Waals surface area (Å²) >= 11 is 0. The summed E-state index contributed by atoms with van der Waals surface area (Å²) in [6.45, 7) is 6.40. The fourth-order valence-electron chi connectivity index (χ4n) is 3.84. The van der Waals surface area contributed by atoms with E-state index in [0.29, 0.717) is 23.5 Å². The monoisotopic (exact) mass is 413 g/mol. The molecule has 158 valence electrons. The van der Waals surface area contributed by atoms with Gasteiger partial charge in [-0.05, 0) is 26.3 Å². The van der Waals surface area contributed by atoms with Crippen LogP contribution in [0.4, 0.5) is 10.2 Å². The van der Waals surface area contributed by atoms with Gasteiger partial charge in [-0.2, -0.15) is 0 Å². The minimum atomic E-state index is -2.02. The molecule has 9 heteroatoms. The zero-order valence-electron chi connectivity index (χ0n) is 17.3. The molecule has 0 aliphatic carbocycles. The first kappa shape index (κ1) is 20.2. The van der Waals surface area contributed by atoms with Crippen LogP contribution < -0.4 is 5.32 Å². The van der Waals surface area contributed by atoms with Crippen LogP contribution in [0.3, 0.4) is 0 Å². The molecule has 0 amide bonds. The Balaban J connectivity index is 1.66. The molecule has 4 atom stereocenters. The summed E-state index contributed by atoms with van der Waals surface area (Å²) in [5, 5.41) is 3.25. The number of ether oxygens (including phenoxy) is 2. The fraction of sp³-hybridized carbons (Fsp3) is 0.429. The number of anilines is 1. The van der Waals surface area contributed by atoms with Crippen molar-refractivity contribution in [2.24, 2.45) is 0 Å². The second-order valence-electron chi connectivity index (χ2n) is 7.79. The lowest BCUT2D eigenvalue weighted by molar-refractivity contribution is -0.172. The number of imidazole rings is 1. The topological polar surface area (TPSA) is 91.2 Å². The van der Waals surface area contributed by atoms with Crippen molar-refractivity contribution in [2.75, 3.05) is 5.32 Å². The third-order valence-corrected chi connectivity index (χ3v) is 5.81. The molecule has 0 bridgehead atoms. The van der Waals surface area contributed by atoms with E-state index in [0.717, 1.165) is 5.56 Å². The summed E-state index contributed by atoms with van der Waals surface area (Å²) in [4.78, 5) is 24.6. The number of aromatic nitrogens is 4. The van der Waals surface area contributed by atoms with Crippen LogP contribution in [0.1, 0.15) is 39.5 Å². The predicted molar refractivity (Wildman–Crippen MR) is 108 cm³/mol. The minimum absolute atomic E-state index is 0.425. The second kappa shape index (κ2) is 7.32. The molecule has 0 spiro atoms. The van der Waals surface area contributed by atoms with Gasteiger partial charge in [0.15, 0.2) is 34.5 Å². The Labute approximate surface area is 173 Å². The van der Waals surface area contributed by atoms with Gasteiger partial charge in [0.1, 0.15) is 12.4 Å². The highest BCUT2D eigenvalue weighted by Gasteiger charge is 2.65. The quantitative estimate of drug-likeness (QED) is 0.641. The first-order valence-corrected chi connectivity index (χ1v) is 9.73. The van der Waals surface area contributed by atoms with E-state index < -0.39 is 29.6 Å². The standard InChI is InChI=1S/C21H24FN5O3/c1-13-21(4,30-14(2)28)20(3,22)19(29-13)27-12-26-16-17(24-11-25-18(16)27)23-10-15-8-6-5-7-9-15/h5-9,11-13,19H,10H2,1-4H3,(H,23,24,25)/t13-,19?,20+,21?/m1/s1. The van der Waals surface area contributed by atoms with Crippen molar-refractivity contribution in [3.8, 4) is 0 Å². The molecule has 1 aromatic carbocycles. The van der Waals surface area contributed by atoms with E-state index in [-0.39, 0.29) is 0 Å². The van der Waals surface area contributed by atoms with Crippen molar-refractivity contribution in [3.63, 3.8) is 0 Å². The third-order valence-electron chi connectivity index (χ3n) is 5.81. The number of hydrogen-bond acceptors (Lipinski definition) is 7. The molecule has 2 aromatic heterocycles. The maximum Gasteiger partial charge on any atom is 0.303 e. The van der Waals surface area contributed by atoms with Gasteiger partial charge in [-0.1, -0.05) is 30.3 Å². The molecule has 1 aliphatic rings. The number of hydrogen-bond donors (Lipinski definition) is 1. The normalized spacial score (nSPS) is 28.6. The number of nitrogens with one attached hydrogen (secondary N) is 1. The van der Waals surface area contributed by atoms with E-state index in [1.165, 1.54) is 31.1 Å². The van der Waals surface area contributed by atoms with E-state index in [1.807, 2.05) is 30.3 Å². The van der Waals surface area contributed by atoms with E-state index in [9.17, 15) is 4.79 Å². The summed E-state index contributed by atoms with van der Waals surface area (Å²) in [5.74, 6) is -0.0281. The number of nitrogens with zero attached hydrogens (tertiary/aromatic N) is 4. The second-order valence-corrected chi connectivity index (χ2v) is 7.79. The van der Waals surface area contributed by atoms with Gasteiger partial charge in [-0.25, -0.2) is 19.3 Å². The summed E-state index contributed by atoms with van der Waals surface area (Å²) in [6.07, 6.45) is 1.13. The van der Waals surface area contributed by atoms with Gasteiger partial charge in [0.25, 0.3) is 0 Å². The Kier molecular flexibility index (Phi) is 4.93. The number of benzene rings is 1. The number of carbonyl (C=O) groups is 1. The van der Waals surface area contributed by atoms with Gasteiger partial charge in [0, 0.05) is 13.5 Å². The molecule has 3 aromatic rings. The number of fused-ring (bicyclic) bond motifs is 1. The van der Waals surface area contributed by atoms with Crippen molar-refractivity contribution >= 4 is 23.0 Å². The van der Waals surface area contributed by atoms with E-state index in [2.05, 4.69) is 20.3 Å². The predicted octanol–water partition coefficient (Wildman–Crippen LogP) is 3.41. The Bertz CT molecular complexity index is 1070. The van der Waals surface area contributed by atoms with Crippen LogP contribution in [0, 0.1) is 0 Å². The van der Waals surface area contributed by atoms with Crippen LogP contribution in [0.25, 0.3) is 11.2 Å². The Morgan fingerprint density at radius 2 is 2.00 bits per heavy atom. The lowest BCUT2D eigenvalue weighted by atomic mass is 9.84. The van der Waals surface area contributed by atoms with E-state index in [1.54, 1.807) is 13.8 Å². The highest BCUT2D eigenvalue weighted by molar-refractivity contribution is 5.82. The largest absolute Gasteiger partial charge is 0.453 e. The van der Waals surface area contributed by atoms with Gasteiger partial charge in [-0.15, -0.1) is 0 Å². The zero-order chi connectivity index (χ0) is 21.5. The fourth-order valence-corrected chi connectivity index (χ4v) is 3.84. The van der Waals surface area contributed by atoms with Gasteiger partial charge in [0.05, 0.1) is 6.33 Å². The minimum Gasteiger partial charge on any atom is -0.453 e. The lowest BCUT2D eigenvalue weighted by Crippen LogP contribution is -2.53. The highest BCUT2D eigenvalue weighted by atomic mass is 19.1. The molecule has 1 aliphatic heterocycles. The molecule has 2 unspecified atom stereocenters. The van der Waals surface area contributed by atoms with Crippen LogP contribution in [0.15, 0.2) is 43.0 Å². The average molecular weight is 413 g/mol. The smallest absolute Gasteiger partial charge is 0.303 e. The molecule has 1 N–H and O–H groups in total. The Morgan fingerprint density at radius 3 is 2.70 bits per heavy atom. The number of rotatable bonds is 5. The molecule has 1 fully saturated rings. The van der Waals surface area contributed by atoms with Gasteiger partial charge < -0.3 is 14.8 Å². The lowest BCUT2D eigenvalue weighted by Gasteiger charge is -2.36. The van der Waals surface area contributed by atoms with Crippen molar-refractivity contribution < 1.29 is 18.7 Å². The summed E-state index contributed by atoms with van der Waals surface area (Å²) in [7, 11) is 0. The molecular weight excluding hydrogens is 389 g/mol. The van der Waals surface area contributed by atoms with Gasteiger partial charge in [0.2, 0.25) is 0 Å². The highest BCUT2D eigenvalue weighted by Crippen LogP contribution is 2.50. The summed E-state index contributed by atoms with van der Waals surface area (Å²) in [6, 6.07) is 9.88. The van der Waals surface area contributed by atoms with Crippen molar-refractivity contribution in [1.82, 2.24) is 19.5 Å². The maximum absolute atomic E-state index is 16.0. The maximum atomic E-state index is 16.0. The van der Waals surface area contributed by atoms with Crippen LogP contribution in [-0.2, 0) is 20.8 Å². The van der Waals surface area contributed by atoms with Crippen molar-refractivity contribution in [3.05, 3.63) is 48.5 Å². The Hall–Kier alpha value is -3.07. The van der Waals surface area contributed by atoms with Crippen LogP contribution in [-0.4, -0.2) is 42.9 Å². The van der Waals surface area contributed by atoms with Gasteiger partial charge in [-0.3, -0.25) is 9.36 Å². The van der Waals surface area contributed by atoms with Crippen LogP contribution >= 0.6 is 0 Å². The summed E-state index contributed by atoms with van der Waals surface area (Å²) in [5.41, 5.74) is -1.46. The number of alkyl halides is 1. The van der Waals surface area contributed by atoms with E-state index >= 15 is 4.39 Å². The summed E-state index contributed by atoms with van der Waals surface area (Å²) < 4.78 is 28.8. The van der Waals surface area contributed by atoms with Crippen molar-refractivity contribution in [1.29, 1.82) is 0 Å². The molecule has 3 heterocycles. The molecule has 0 radical (unpaired) electrons. The third kappa shape index (κ3) is 3.19. The number of halogens is 1.